The predicted octanol–water partition coefficient (Wildman–Crippen LogP) is 1.92. The molecular formula is C9H8NO. The fraction of sp³-hybridized carbons (Fsp3) is 0.111. The second-order valence-corrected chi connectivity index (χ2v) is 2.37. The smallest absolute Gasteiger partial charge is 0.119 e. The van der Waals surface area contributed by atoms with Gasteiger partial charge in [-0.25, -0.2) is 0 Å². The Balaban J connectivity index is 2.47. The molecular weight excluding hydrogens is 138 g/mol. The Bertz CT molecular complexity index is 304. The third kappa shape index (κ3) is 0.963. The molecule has 0 aromatic heterocycles. The normalized spacial score (nSPS) is 12.5. The first kappa shape index (κ1) is 6.28. The molecule has 55 valence electrons. The van der Waals surface area contributed by atoms with Crippen LogP contribution < -0.4 is 10.1 Å². The summed E-state index contributed by atoms with van der Waals surface area (Å²) in [6.07, 6.45) is 3.77. The van der Waals surface area contributed by atoms with Gasteiger partial charge >= 0.3 is 0 Å². The van der Waals surface area contributed by atoms with E-state index in [9.17, 15) is 0 Å². The van der Waals surface area contributed by atoms with Gasteiger partial charge in [-0.1, -0.05) is 0 Å². The van der Waals surface area contributed by atoms with Crippen LogP contribution in [0, 0.1) is 0 Å². The van der Waals surface area contributed by atoms with E-state index in [4.69, 9.17) is 4.74 Å². The molecule has 1 aromatic rings. The third-order valence-corrected chi connectivity index (χ3v) is 1.70. The first-order valence-electron chi connectivity index (χ1n) is 3.45. The van der Waals surface area contributed by atoms with E-state index in [1.54, 1.807) is 13.3 Å². The third-order valence-electron chi connectivity index (χ3n) is 1.70. The average molecular weight is 146 g/mol. The van der Waals surface area contributed by atoms with Crippen molar-refractivity contribution in [2.24, 2.45) is 0 Å². The summed E-state index contributed by atoms with van der Waals surface area (Å²) >= 11 is 0. The monoisotopic (exact) mass is 146 g/mol. The van der Waals surface area contributed by atoms with Crippen molar-refractivity contribution in [2.75, 3.05) is 7.11 Å². The number of fused-ring (bicyclic) bond motifs is 1. The van der Waals surface area contributed by atoms with Gasteiger partial charge in [-0.05, 0) is 24.3 Å². The quantitative estimate of drug-likeness (QED) is 0.593. The second kappa shape index (κ2) is 2.31. The lowest BCUT2D eigenvalue weighted by Gasteiger charge is -2.01. The number of benzene rings is 1. The van der Waals surface area contributed by atoms with Crippen molar-refractivity contribution in [1.29, 1.82) is 0 Å². The molecule has 0 saturated carbocycles. The average Bonchev–Trinajstić information content (AvgIpc) is 2.50. The summed E-state index contributed by atoms with van der Waals surface area (Å²) in [5.41, 5.74) is 2.15. The summed E-state index contributed by atoms with van der Waals surface area (Å²) in [7, 11) is 1.66. The van der Waals surface area contributed by atoms with E-state index >= 15 is 0 Å². The van der Waals surface area contributed by atoms with Gasteiger partial charge in [-0.3, -0.25) is 5.32 Å². The van der Waals surface area contributed by atoms with Crippen molar-refractivity contribution >= 4 is 11.8 Å². The van der Waals surface area contributed by atoms with E-state index in [0.717, 1.165) is 17.0 Å². The molecule has 0 N–H and O–H groups in total. The van der Waals surface area contributed by atoms with E-state index in [-0.39, 0.29) is 0 Å². The second-order valence-electron chi connectivity index (χ2n) is 2.37. The minimum atomic E-state index is 0.880. The largest absolute Gasteiger partial charge is 0.497 e. The van der Waals surface area contributed by atoms with Crippen LogP contribution >= 0.6 is 0 Å². The molecule has 1 aliphatic heterocycles. The lowest BCUT2D eigenvalue weighted by molar-refractivity contribution is 0.415. The van der Waals surface area contributed by atoms with Crippen LogP contribution in [0.2, 0.25) is 0 Å². The summed E-state index contributed by atoms with van der Waals surface area (Å²) in [5, 5.41) is 4.14. The molecule has 0 fully saturated rings. The maximum Gasteiger partial charge on any atom is 0.119 e. The van der Waals surface area contributed by atoms with Crippen molar-refractivity contribution < 1.29 is 4.74 Å². The molecule has 0 bridgehead atoms. The molecule has 0 saturated heterocycles. The maximum absolute atomic E-state index is 5.06. The lowest BCUT2D eigenvalue weighted by atomic mass is 10.2. The molecule has 2 rings (SSSR count). The van der Waals surface area contributed by atoms with Gasteiger partial charge in [-0.2, -0.15) is 0 Å². The summed E-state index contributed by atoms with van der Waals surface area (Å²) in [4.78, 5) is 0. The number of rotatable bonds is 1. The predicted molar refractivity (Wildman–Crippen MR) is 43.8 cm³/mol. The Morgan fingerprint density at radius 1 is 1.36 bits per heavy atom. The van der Waals surface area contributed by atoms with Crippen LogP contribution in [0.1, 0.15) is 5.56 Å². The Morgan fingerprint density at radius 2 is 2.27 bits per heavy atom. The van der Waals surface area contributed by atoms with E-state index in [2.05, 4.69) is 5.32 Å². The molecule has 1 aromatic carbocycles. The molecule has 0 aliphatic carbocycles. The van der Waals surface area contributed by atoms with Crippen molar-refractivity contribution in [3.63, 3.8) is 0 Å². The SMILES string of the molecule is COc1ccc2c(c1)C=C[N]2. The first-order chi connectivity index (χ1) is 5.40. The van der Waals surface area contributed by atoms with Crippen LogP contribution in [-0.4, -0.2) is 7.11 Å². The zero-order chi connectivity index (χ0) is 7.68. The van der Waals surface area contributed by atoms with Gasteiger partial charge in [0.2, 0.25) is 0 Å². The topological polar surface area (TPSA) is 23.3 Å². The molecule has 0 unspecified atom stereocenters. The van der Waals surface area contributed by atoms with Gasteiger partial charge in [0.1, 0.15) is 5.75 Å². The van der Waals surface area contributed by atoms with Gasteiger partial charge in [0.25, 0.3) is 0 Å². The van der Waals surface area contributed by atoms with E-state index < -0.39 is 0 Å². The van der Waals surface area contributed by atoms with E-state index in [1.165, 1.54) is 0 Å². The number of hydrogen-bond donors (Lipinski definition) is 0. The highest BCUT2D eigenvalue weighted by molar-refractivity contribution is 5.70. The van der Waals surface area contributed by atoms with Crippen LogP contribution in [0.15, 0.2) is 24.4 Å². The zero-order valence-corrected chi connectivity index (χ0v) is 6.24. The number of methoxy groups -OCH3 is 1. The van der Waals surface area contributed by atoms with Crippen LogP contribution in [0.25, 0.3) is 6.08 Å². The highest BCUT2D eigenvalue weighted by Crippen LogP contribution is 2.26. The molecule has 1 heterocycles. The fourth-order valence-corrected chi connectivity index (χ4v) is 1.11. The summed E-state index contributed by atoms with van der Waals surface area (Å²) < 4.78 is 5.06. The Morgan fingerprint density at radius 3 is 3.09 bits per heavy atom. The van der Waals surface area contributed by atoms with Crippen molar-refractivity contribution in [2.45, 2.75) is 0 Å². The highest BCUT2D eigenvalue weighted by Gasteiger charge is 2.05. The molecule has 2 nitrogen and oxygen atoms in total. The van der Waals surface area contributed by atoms with E-state index in [0.29, 0.717) is 0 Å². The summed E-state index contributed by atoms with van der Waals surface area (Å²) in [5.74, 6) is 0.880. The molecule has 2 heteroatoms. The number of hydrogen-bond acceptors (Lipinski definition) is 1. The Labute approximate surface area is 65.5 Å². The van der Waals surface area contributed by atoms with Crippen molar-refractivity contribution in [3.8, 4) is 5.75 Å². The lowest BCUT2D eigenvalue weighted by Crippen LogP contribution is -1.85. The van der Waals surface area contributed by atoms with Gasteiger partial charge in [0, 0.05) is 11.8 Å². The minimum absolute atomic E-state index is 0.880. The fourth-order valence-electron chi connectivity index (χ4n) is 1.11. The van der Waals surface area contributed by atoms with Crippen molar-refractivity contribution in [3.05, 3.63) is 30.0 Å². The molecule has 0 amide bonds. The number of nitrogens with zero attached hydrogens (tertiary/aromatic N) is 1. The van der Waals surface area contributed by atoms with Crippen LogP contribution in [-0.2, 0) is 0 Å². The standard InChI is InChI=1S/C9H8NO/c1-11-8-2-3-9-7(6-8)4-5-10-9/h2-6H,1H3. The van der Waals surface area contributed by atoms with Crippen LogP contribution in [0.3, 0.4) is 0 Å². The van der Waals surface area contributed by atoms with Crippen LogP contribution in [0.4, 0.5) is 5.69 Å². The molecule has 11 heavy (non-hydrogen) atoms. The van der Waals surface area contributed by atoms with Gasteiger partial charge in [0.15, 0.2) is 0 Å². The molecule has 0 atom stereocenters. The minimum Gasteiger partial charge on any atom is -0.497 e. The van der Waals surface area contributed by atoms with Gasteiger partial charge in [0.05, 0.1) is 12.8 Å². The molecule has 0 spiro atoms. The maximum atomic E-state index is 5.06. The van der Waals surface area contributed by atoms with E-state index in [1.807, 2.05) is 24.3 Å². The van der Waals surface area contributed by atoms with Gasteiger partial charge in [-0.15, -0.1) is 0 Å². The van der Waals surface area contributed by atoms with Crippen molar-refractivity contribution in [1.82, 2.24) is 5.32 Å². The summed E-state index contributed by atoms with van der Waals surface area (Å²) in [6, 6.07) is 5.84. The summed E-state index contributed by atoms with van der Waals surface area (Å²) in [6.45, 7) is 0. The Kier molecular flexibility index (Phi) is 1.32. The zero-order valence-electron chi connectivity index (χ0n) is 6.24. The molecule has 1 aliphatic rings. The Hall–Kier alpha value is -1.44. The highest BCUT2D eigenvalue weighted by atomic mass is 16.5. The van der Waals surface area contributed by atoms with Gasteiger partial charge < -0.3 is 4.74 Å². The molecule has 1 radical (unpaired) electrons. The number of ether oxygens (including phenoxy) is 1. The van der Waals surface area contributed by atoms with Crippen LogP contribution in [0.5, 0.6) is 5.75 Å². The first-order valence-corrected chi connectivity index (χ1v) is 3.45.